The van der Waals surface area contributed by atoms with E-state index in [0.717, 1.165) is 28.7 Å². The molecule has 0 bridgehead atoms. The molecular formula is C18H16N4. The zero-order chi connectivity index (χ0) is 14.9. The molecule has 4 aromatic rings. The van der Waals surface area contributed by atoms with Crippen LogP contribution in [0.15, 0.2) is 67.3 Å². The minimum Gasteiger partial charge on any atom is -0.342 e. The van der Waals surface area contributed by atoms with E-state index in [1.54, 1.807) is 0 Å². The van der Waals surface area contributed by atoms with Gasteiger partial charge >= 0.3 is 0 Å². The first kappa shape index (κ1) is 12.8. The van der Waals surface area contributed by atoms with Crippen LogP contribution >= 0.6 is 0 Å². The molecule has 4 heteroatoms. The molecule has 0 saturated heterocycles. The van der Waals surface area contributed by atoms with E-state index in [1.165, 1.54) is 5.56 Å². The summed E-state index contributed by atoms with van der Waals surface area (Å²) in [5, 5.41) is 4.23. The first-order valence-electron chi connectivity index (χ1n) is 7.27. The number of aryl methyl sites for hydroxylation is 1. The SMILES string of the molecule is Cn1cc(-c2cnc3ccn(Cc4ccccc4)c3c2)cn1. The van der Waals surface area contributed by atoms with E-state index in [4.69, 9.17) is 0 Å². The quantitative estimate of drug-likeness (QED) is 0.578. The van der Waals surface area contributed by atoms with Crippen LogP contribution in [0.2, 0.25) is 0 Å². The van der Waals surface area contributed by atoms with Crippen molar-refractivity contribution in [3.8, 4) is 11.1 Å². The van der Waals surface area contributed by atoms with Gasteiger partial charge in [-0.1, -0.05) is 30.3 Å². The van der Waals surface area contributed by atoms with Gasteiger partial charge in [0, 0.05) is 43.3 Å². The molecule has 0 atom stereocenters. The van der Waals surface area contributed by atoms with Crippen molar-refractivity contribution in [1.29, 1.82) is 0 Å². The molecule has 0 aliphatic rings. The van der Waals surface area contributed by atoms with Crippen molar-refractivity contribution < 1.29 is 0 Å². The molecule has 0 N–H and O–H groups in total. The minimum atomic E-state index is 0.850. The minimum absolute atomic E-state index is 0.850. The van der Waals surface area contributed by atoms with Crippen molar-refractivity contribution in [3.05, 3.63) is 72.8 Å². The molecule has 108 valence electrons. The molecule has 4 nitrogen and oxygen atoms in total. The topological polar surface area (TPSA) is 35.6 Å². The highest BCUT2D eigenvalue weighted by Gasteiger charge is 2.07. The van der Waals surface area contributed by atoms with Crippen LogP contribution in [0, 0.1) is 0 Å². The number of benzene rings is 1. The van der Waals surface area contributed by atoms with Crippen LogP contribution in [0.3, 0.4) is 0 Å². The maximum absolute atomic E-state index is 4.57. The number of rotatable bonds is 3. The summed E-state index contributed by atoms with van der Waals surface area (Å²) in [5.74, 6) is 0. The maximum Gasteiger partial charge on any atom is 0.0881 e. The molecule has 0 aliphatic carbocycles. The maximum atomic E-state index is 4.57. The van der Waals surface area contributed by atoms with Crippen molar-refractivity contribution in [2.24, 2.45) is 7.05 Å². The van der Waals surface area contributed by atoms with Gasteiger partial charge in [0.15, 0.2) is 0 Å². The van der Waals surface area contributed by atoms with E-state index >= 15 is 0 Å². The molecule has 0 fully saturated rings. The van der Waals surface area contributed by atoms with Gasteiger partial charge in [0.25, 0.3) is 0 Å². The van der Waals surface area contributed by atoms with Gasteiger partial charge in [-0.3, -0.25) is 9.67 Å². The number of nitrogens with zero attached hydrogens (tertiary/aromatic N) is 4. The Balaban J connectivity index is 1.76. The van der Waals surface area contributed by atoms with Crippen LogP contribution in [0.1, 0.15) is 5.56 Å². The molecule has 0 saturated carbocycles. The first-order valence-corrected chi connectivity index (χ1v) is 7.27. The second kappa shape index (κ2) is 5.15. The second-order valence-corrected chi connectivity index (χ2v) is 5.46. The summed E-state index contributed by atoms with van der Waals surface area (Å²) >= 11 is 0. The molecule has 3 aromatic heterocycles. The largest absolute Gasteiger partial charge is 0.342 e. The first-order chi connectivity index (χ1) is 10.8. The molecular weight excluding hydrogens is 272 g/mol. The van der Waals surface area contributed by atoms with Crippen molar-refractivity contribution >= 4 is 11.0 Å². The Labute approximate surface area is 128 Å². The fourth-order valence-corrected chi connectivity index (χ4v) is 2.71. The average molecular weight is 288 g/mol. The summed E-state index contributed by atoms with van der Waals surface area (Å²) < 4.78 is 4.04. The smallest absolute Gasteiger partial charge is 0.0881 e. The third-order valence-corrected chi connectivity index (χ3v) is 3.85. The average Bonchev–Trinajstić information content (AvgIpc) is 3.15. The fourth-order valence-electron chi connectivity index (χ4n) is 2.71. The Morgan fingerprint density at radius 1 is 1.00 bits per heavy atom. The van der Waals surface area contributed by atoms with Crippen LogP contribution in [0.5, 0.6) is 0 Å². The predicted molar refractivity (Wildman–Crippen MR) is 87.5 cm³/mol. The van der Waals surface area contributed by atoms with E-state index in [9.17, 15) is 0 Å². The molecule has 22 heavy (non-hydrogen) atoms. The highest BCUT2D eigenvalue weighted by molar-refractivity contribution is 5.81. The lowest BCUT2D eigenvalue weighted by Crippen LogP contribution is -1.97. The van der Waals surface area contributed by atoms with Gasteiger partial charge in [0.1, 0.15) is 0 Å². The summed E-state index contributed by atoms with van der Waals surface area (Å²) in [6.07, 6.45) is 7.88. The summed E-state index contributed by atoms with van der Waals surface area (Å²) in [4.78, 5) is 4.57. The van der Waals surface area contributed by atoms with Gasteiger partial charge in [-0.25, -0.2) is 0 Å². The zero-order valence-corrected chi connectivity index (χ0v) is 12.3. The van der Waals surface area contributed by atoms with Crippen LogP contribution in [0.4, 0.5) is 0 Å². The monoisotopic (exact) mass is 288 g/mol. The third kappa shape index (κ3) is 2.29. The van der Waals surface area contributed by atoms with Crippen LogP contribution < -0.4 is 0 Å². The Morgan fingerprint density at radius 2 is 1.86 bits per heavy atom. The van der Waals surface area contributed by atoms with E-state index in [0.29, 0.717) is 0 Å². The number of hydrogen-bond acceptors (Lipinski definition) is 2. The lowest BCUT2D eigenvalue weighted by molar-refractivity contribution is 0.768. The summed E-state index contributed by atoms with van der Waals surface area (Å²) in [6, 6.07) is 14.7. The molecule has 0 amide bonds. The van der Waals surface area contributed by atoms with Crippen molar-refractivity contribution in [2.75, 3.05) is 0 Å². The fraction of sp³-hybridized carbons (Fsp3) is 0.111. The molecule has 3 heterocycles. The summed E-state index contributed by atoms with van der Waals surface area (Å²) in [6.45, 7) is 0.850. The van der Waals surface area contributed by atoms with Crippen LogP contribution in [-0.4, -0.2) is 19.3 Å². The lowest BCUT2D eigenvalue weighted by atomic mass is 10.1. The van der Waals surface area contributed by atoms with Gasteiger partial charge in [-0.2, -0.15) is 5.10 Å². The Kier molecular flexibility index (Phi) is 3.00. The van der Waals surface area contributed by atoms with E-state index in [2.05, 4.69) is 57.2 Å². The Morgan fingerprint density at radius 3 is 2.64 bits per heavy atom. The molecule has 0 spiro atoms. The van der Waals surface area contributed by atoms with Crippen molar-refractivity contribution in [1.82, 2.24) is 19.3 Å². The zero-order valence-electron chi connectivity index (χ0n) is 12.3. The normalized spacial score (nSPS) is 11.1. The van der Waals surface area contributed by atoms with Gasteiger partial charge < -0.3 is 4.57 Å². The summed E-state index contributed by atoms with van der Waals surface area (Å²) in [5.41, 5.74) is 5.62. The lowest BCUT2D eigenvalue weighted by Gasteiger charge is -2.06. The standard InChI is InChI=1S/C18H16N4/c1-21-13-16(11-20-21)15-9-18-17(19-10-15)7-8-22(18)12-14-5-3-2-4-6-14/h2-11,13H,12H2,1H3. The molecule has 0 unspecified atom stereocenters. The number of fused-ring (bicyclic) bond motifs is 1. The summed E-state index contributed by atoms with van der Waals surface area (Å²) in [7, 11) is 1.92. The van der Waals surface area contributed by atoms with E-state index in [1.807, 2.05) is 36.4 Å². The molecule has 1 aromatic carbocycles. The number of pyridine rings is 1. The Hall–Kier alpha value is -2.88. The van der Waals surface area contributed by atoms with Gasteiger partial charge in [0.05, 0.1) is 17.2 Å². The van der Waals surface area contributed by atoms with Crippen molar-refractivity contribution in [3.63, 3.8) is 0 Å². The van der Waals surface area contributed by atoms with E-state index < -0.39 is 0 Å². The predicted octanol–water partition coefficient (Wildman–Crippen LogP) is 3.49. The van der Waals surface area contributed by atoms with E-state index in [-0.39, 0.29) is 0 Å². The molecule has 0 aliphatic heterocycles. The van der Waals surface area contributed by atoms with Crippen LogP contribution in [-0.2, 0) is 13.6 Å². The van der Waals surface area contributed by atoms with Gasteiger partial charge in [0.2, 0.25) is 0 Å². The number of hydrogen-bond donors (Lipinski definition) is 0. The highest BCUT2D eigenvalue weighted by Crippen LogP contribution is 2.23. The molecule has 0 radical (unpaired) electrons. The number of aromatic nitrogens is 4. The Bertz CT molecular complexity index is 919. The van der Waals surface area contributed by atoms with Gasteiger partial charge in [-0.15, -0.1) is 0 Å². The highest BCUT2D eigenvalue weighted by atomic mass is 15.2. The van der Waals surface area contributed by atoms with Gasteiger partial charge in [-0.05, 0) is 17.7 Å². The van der Waals surface area contributed by atoms with Crippen LogP contribution in [0.25, 0.3) is 22.2 Å². The third-order valence-electron chi connectivity index (χ3n) is 3.85. The van der Waals surface area contributed by atoms with Crippen molar-refractivity contribution in [2.45, 2.75) is 6.54 Å². The molecule has 4 rings (SSSR count). The second-order valence-electron chi connectivity index (χ2n) is 5.46.